The first kappa shape index (κ1) is 14.8. The van der Waals surface area contributed by atoms with E-state index in [-0.39, 0.29) is 12.0 Å². The molecular formula is C14H26N2O3. The lowest BCUT2D eigenvalue weighted by atomic mass is 9.95. The van der Waals surface area contributed by atoms with Crippen molar-refractivity contribution in [2.45, 2.75) is 25.8 Å². The van der Waals surface area contributed by atoms with Crippen LogP contribution in [-0.2, 0) is 14.3 Å². The summed E-state index contributed by atoms with van der Waals surface area (Å²) in [5, 5.41) is 0. The molecule has 2 heterocycles. The van der Waals surface area contributed by atoms with Gasteiger partial charge in [-0.25, -0.2) is 0 Å². The summed E-state index contributed by atoms with van der Waals surface area (Å²) < 4.78 is 10.2. The highest BCUT2D eigenvalue weighted by atomic mass is 16.5. The summed E-state index contributed by atoms with van der Waals surface area (Å²) in [5.74, 6) is 0.644. The molecule has 0 aromatic rings. The predicted octanol–water partition coefficient (Wildman–Crippen LogP) is 0.592. The van der Waals surface area contributed by atoms with Crippen molar-refractivity contribution in [2.24, 2.45) is 5.92 Å². The van der Waals surface area contributed by atoms with Gasteiger partial charge in [0.05, 0.1) is 20.3 Å². The van der Waals surface area contributed by atoms with Crippen molar-refractivity contribution >= 4 is 5.97 Å². The third kappa shape index (κ3) is 4.16. The number of esters is 1. The number of hydrogen-bond acceptors (Lipinski definition) is 5. The lowest BCUT2D eigenvalue weighted by Crippen LogP contribution is -2.47. The van der Waals surface area contributed by atoms with Crippen molar-refractivity contribution < 1.29 is 14.3 Å². The number of methoxy groups -OCH3 is 1. The van der Waals surface area contributed by atoms with Crippen LogP contribution in [0.1, 0.15) is 19.8 Å². The fourth-order valence-corrected chi connectivity index (χ4v) is 2.99. The molecule has 2 rings (SSSR count). The number of rotatable bonds is 4. The topological polar surface area (TPSA) is 42.0 Å². The molecule has 110 valence electrons. The number of nitrogens with zero attached hydrogens (tertiary/aromatic N) is 2. The van der Waals surface area contributed by atoms with Crippen LogP contribution in [0.4, 0.5) is 0 Å². The number of carbonyl (C=O) groups is 1. The highest BCUT2D eigenvalue weighted by molar-refractivity contribution is 5.75. The monoisotopic (exact) mass is 270 g/mol. The van der Waals surface area contributed by atoms with Gasteiger partial charge in [0, 0.05) is 19.6 Å². The molecule has 1 unspecified atom stereocenters. The maximum absolute atomic E-state index is 11.5. The quantitative estimate of drug-likeness (QED) is 0.700. The summed E-state index contributed by atoms with van der Waals surface area (Å²) in [4.78, 5) is 16.3. The SMILES string of the molecule is COC(=O)C(C)N1CCC(CN2CCOCC2)CC1. The molecule has 0 N–H and O–H groups in total. The van der Waals surface area contributed by atoms with E-state index in [4.69, 9.17) is 9.47 Å². The van der Waals surface area contributed by atoms with Crippen molar-refractivity contribution in [1.82, 2.24) is 9.80 Å². The number of morpholine rings is 1. The zero-order valence-electron chi connectivity index (χ0n) is 12.1. The Bertz CT molecular complexity index is 284. The lowest BCUT2D eigenvalue weighted by molar-refractivity contribution is -0.146. The van der Waals surface area contributed by atoms with E-state index in [1.165, 1.54) is 26.5 Å². The van der Waals surface area contributed by atoms with E-state index in [0.717, 1.165) is 45.3 Å². The van der Waals surface area contributed by atoms with Crippen LogP contribution in [0, 0.1) is 5.92 Å². The molecule has 0 radical (unpaired) electrons. The summed E-state index contributed by atoms with van der Waals surface area (Å²) in [7, 11) is 1.46. The fourth-order valence-electron chi connectivity index (χ4n) is 2.99. The zero-order chi connectivity index (χ0) is 13.7. The maximum Gasteiger partial charge on any atom is 0.322 e. The molecule has 2 saturated heterocycles. The van der Waals surface area contributed by atoms with E-state index in [1.54, 1.807) is 0 Å². The van der Waals surface area contributed by atoms with Crippen LogP contribution >= 0.6 is 0 Å². The van der Waals surface area contributed by atoms with E-state index in [1.807, 2.05) is 6.92 Å². The fraction of sp³-hybridized carbons (Fsp3) is 0.929. The molecule has 0 bridgehead atoms. The molecule has 0 spiro atoms. The average molecular weight is 270 g/mol. The Morgan fingerprint density at radius 2 is 1.89 bits per heavy atom. The van der Waals surface area contributed by atoms with E-state index in [0.29, 0.717) is 0 Å². The molecule has 0 saturated carbocycles. The largest absolute Gasteiger partial charge is 0.468 e. The molecule has 1 atom stereocenters. The van der Waals surface area contributed by atoms with Crippen LogP contribution in [0.2, 0.25) is 0 Å². The minimum atomic E-state index is -0.119. The van der Waals surface area contributed by atoms with E-state index < -0.39 is 0 Å². The molecular weight excluding hydrogens is 244 g/mol. The van der Waals surface area contributed by atoms with Crippen LogP contribution in [-0.4, -0.2) is 74.9 Å². The van der Waals surface area contributed by atoms with Gasteiger partial charge in [-0.15, -0.1) is 0 Å². The van der Waals surface area contributed by atoms with Crippen LogP contribution in [0.25, 0.3) is 0 Å². The van der Waals surface area contributed by atoms with Crippen molar-refractivity contribution in [3.05, 3.63) is 0 Å². The molecule has 2 aliphatic heterocycles. The van der Waals surface area contributed by atoms with E-state index in [9.17, 15) is 4.79 Å². The first-order valence-electron chi connectivity index (χ1n) is 7.32. The van der Waals surface area contributed by atoms with Crippen LogP contribution in [0.3, 0.4) is 0 Å². The molecule has 0 aromatic heterocycles. The predicted molar refractivity (Wildman–Crippen MR) is 73.0 cm³/mol. The van der Waals surface area contributed by atoms with Gasteiger partial charge in [0.2, 0.25) is 0 Å². The Labute approximate surface area is 115 Å². The molecule has 5 heteroatoms. The minimum absolute atomic E-state index is 0.102. The van der Waals surface area contributed by atoms with E-state index in [2.05, 4.69) is 9.80 Å². The third-order valence-electron chi connectivity index (χ3n) is 4.36. The van der Waals surface area contributed by atoms with E-state index >= 15 is 0 Å². The second-order valence-corrected chi connectivity index (χ2v) is 5.59. The smallest absolute Gasteiger partial charge is 0.322 e. The molecule has 2 aliphatic rings. The Morgan fingerprint density at radius 3 is 2.47 bits per heavy atom. The zero-order valence-corrected chi connectivity index (χ0v) is 12.1. The number of carbonyl (C=O) groups excluding carboxylic acids is 1. The van der Waals surface area contributed by atoms with Gasteiger partial charge in [0.1, 0.15) is 6.04 Å². The molecule has 19 heavy (non-hydrogen) atoms. The number of piperidine rings is 1. The molecule has 5 nitrogen and oxygen atoms in total. The van der Waals surface area contributed by atoms with Crippen LogP contribution < -0.4 is 0 Å². The standard InChI is InChI=1S/C14H26N2O3/c1-12(14(17)18-2)16-5-3-13(4-6-16)11-15-7-9-19-10-8-15/h12-13H,3-11H2,1-2H3. The van der Waals surface area contributed by atoms with Gasteiger partial charge in [-0.05, 0) is 38.8 Å². The summed E-state index contributed by atoms with van der Waals surface area (Å²) in [6, 6.07) is -0.102. The summed E-state index contributed by atoms with van der Waals surface area (Å²) in [6.07, 6.45) is 2.36. The average Bonchev–Trinajstić information content (AvgIpc) is 2.47. The minimum Gasteiger partial charge on any atom is -0.468 e. The van der Waals surface area contributed by atoms with Crippen LogP contribution in [0.5, 0.6) is 0 Å². The molecule has 0 amide bonds. The van der Waals surface area contributed by atoms with Gasteiger partial charge < -0.3 is 9.47 Å². The number of hydrogen-bond donors (Lipinski definition) is 0. The van der Waals surface area contributed by atoms with Gasteiger partial charge in [0.15, 0.2) is 0 Å². The summed E-state index contributed by atoms with van der Waals surface area (Å²) in [5.41, 5.74) is 0. The van der Waals surface area contributed by atoms with Crippen LogP contribution in [0.15, 0.2) is 0 Å². The Hall–Kier alpha value is -0.650. The Morgan fingerprint density at radius 1 is 1.26 bits per heavy atom. The van der Waals surface area contributed by atoms with Gasteiger partial charge in [0.25, 0.3) is 0 Å². The first-order valence-corrected chi connectivity index (χ1v) is 7.32. The first-order chi connectivity index (χ1) is 9.20. The maximum atomic E-state index is 11.5. The number of likely N-dealkylation sites (tertiary alicyclic amines) is 1. The van der Waals surface area contributed by atoms with Crippen molar-refractivity contribution in [2.75, 3.05) is 53.0 Å². The van der Waals surface area contributed by atoms with Gasteiger partial charge in [-0.3, -0.25) is 14.6 Å². The van der Waals surface area contributed by atoms with Gasteiger partial charge >= 0.3 is 5.97 Å². The van der Waals surface area contributed by atoms with Gasteiger partial charge in [-0.2, -0.15) is 0 Å². The highest BCUT2D eigenvalue weighted by Crippen LogP contribution is 2.20. The molecule has 2 fully saturated rings. The van der Waals surface area contributed by atoms with Crippen molar-refractivity contribution in [3.63, 3.8) is 0 Å². The van der Waals surface area contributed by atoms with Crippen molar-refractivity contribution in [1.29, 1.82) is 0 Å². The Kier molecular flexibility index (Phi) is 5.60. The lowest BCUT2D eigenvalue weighted by Gasteiger charge is -2.37. The summed E-state index contributed by atoms with van der Waals surface area (Å²) >= 11 is 0. The molecule has 0 aliphatic carbocycles. The second-order valence-electron chi connectivity index (χ2n) is 5.59. The summed E-state index contributed by atoms with van der Waals surface area (Å²) in [6.45, 7) is 9.02. The number of ether oxygens (including phenoxy) is 2. The Balaban J connectivity index is 1.71. The normalized spacial score (nSPS) is 25.2. The third-order valence-corrected chi connectivity index (χ3v) is 4.36. The van der Waals surface area contributed by atoms with Crippen molar-refractivity contribution in [3.8, 4) is 0 Å². The molecule has 0 aromatic carbocycles. The second kappa shape index (κ2) is 7.22. The van der Waals surface area contributed by atoms with Gasteiger partial charge in [-0.1, -0.05) is 0 Å². The highest BCUT2D eigenvalue weighted by Gasteiger charge is 2.28.